The summed E-state index contributed by atoms with van der Waals surface area (Å²) in [6, 6.07) is 13.1. The number of urea groups is 1. The Hall–Kier alpha value is -2.81. The van der Waals surface area contributed by atoms with Crippen molar-refractivity contribution in [3.05, 3.63) is 70.9 Å². The van der Waals surface area contributed by atoms with E-state index in [2.05, 4.69) is 32.9 Å². The number of benzene rings is 2. The van der Waals surface area contributed by atoms with E-state index in [4.69, 9.17) is 11.6 Å². The van der Waals surface area contributed by atoms with Gasteiger partial charge in [-0.3, -0.25) is 9.80 Å². The normalized spacial score (nSPS) is 18.7. The number of aromatic amines is 1. The Morgan fingerprint density at radius 3 is 2.82 bits per heavy atom. The molecule has 2 amide bonds. The van der Waals surface area contributed by atoms with Gasteiger partial charge in [-0.1, -0.05) is 41.9 Å². The van der Waals surface area contributed by atoms with Crippen LogP contribution >= 0.6 is 11.6 Å². The summed E-state index contributed by atoms with van der Waals surface area (Å²) in [6.45, 7) is 3.24. The second-order valence-corrected chi connectivity index (χ2v) is 11.2. The largest absolute Gasteiger partial charge is 0.361 e. The fourth-order valence-corrected chi connectivity index (χ4v) is 5.61. The third-order valence-corrected chi connectivity index (χ3v) is 7.45. The SMILES string of the molecule is CS(=O)(=O)NC(=O)N1CC(CCN2CC=C(c3c[nH]c4cc(Cl)ccc34)CC2)c2ccccc21. The number of halogens is 1. The Labute approximate surface area is 204 Å². The van der Waals surface area contributed by atoms with E-state index in [1.54, 1.807) is 4.90 Å². The molecule has 178 valence electrons. The first kappa shape index (κ1) is 23.0. The maximum atomic E-state index is 12.5. The molecule has 1 unspecified atom stereocenters. The summed E-state index contributed by atoms with van der Waals surface area (Å²) in [6.07, 6.45) is 7.23. The van der Waals surface area contributed by atoms with Crippen molar-refractivity contribution < 1.29 is 13.2 Å². The van der Waals surface area contributed by atoms with Crippen molar-refractivity contribution in [2.24, 2.45) is 0 Å². The molecule has 9 heteroatoms. The summed E-state index contributed by atoms with van der Waals surface area (Å²) in [7, 11) is -3.61. The summed E-state index contributed by atoms with van der Waals surface area (Å²) in [5.41, 5.74) is 5.52. The Morgan fingerprint density at radius 1 is 1.24 bits per heavy atom. The fraction of sp³-hybridized carbons (Fsp3) is 0.320. The van der Waals surface area contributed by atoms with Gasteiger partial charge >= 0.3 is 6.03 Å². The fourth-order valence-electron chi connectivity index (χ4n) is 5.01. The van der Waals surface area contributed by atoms with Crippen LogP contribution in [0.15, 0.2) is 54.7 Å². The van der Waals surface area contributed by atoms with E-state index in [9.17, 15) is 13.2 Å². The number of fused-ring (bicyclic) bond motifs is 2. The third kappa shape index (κ3) is 4.71. The minimum Gasteiger partial charge on any atom is -0.361 e. The summed E-state index contributed by atoms with van der Waals surface area (Å²) < 4.78 is 25.2. The van der Waals surface area contributed by atoms with E-state index in [0.717, 1.165) is 60.5 Å². The van der Waals surface area contributed by atoms with Crippen molar-refractivity contribution in [2.45, 2.75) is 18.8 Å². The molecule has 0 saturated carbocycles. The third-order valence-electron chi connectivity index (χ3n) is 6.66. The topological polar surface area (TPSA) is 85.5 Å². The summed E-state index contributed by atoms with van der Waals surface area (Å²) in [5.74, 6) is 0.172. The van der Waals surface area contributed by atoms with Crippen LogP contribution in [-0.4, -0.2) is 56.8 Å². The molecule has 2 aliphatic heterocycles. The quantitative estimate of drug-likeness (QED) is 0.539. The van der Waals surface area contributed by atoms with E-state index in [1.165, 1.54) is 16.5 Å². The number of nitrogens with one attached hydrogen (secondary N) is 2. The molecule has 2 aromatic carbocycles. The molecule has 5 rings (SSSR count). The van der Waals surface area contributed by atoms with Gasteiger partial charge in [0, 0.05) is 58.9 Å². The lowest BCUT2D eigenvalue weighted by Gasteiger charge is -2.27. The first-order valence-electron chi connectivity index (χ1n) is 11.3. The number of hydrogen-bond acceptors (Lipinski definition) is 4. The number of sulfonamides is 1. The van der Waals surface area contributed by atoms with Gasteiger partial charge in [-0.05, 0) is 48.7 Å². The van der Waals surface area contributed by atoms with Crippen molar-refractivity contribution in [1.82, 2.24) is 14.6 Å². The molecule has 3 aromatic rings. The molecule has 0 radical (unpaired) electrons. The number of anilines is 1. The van der Waals surface area contributed by atoms with Gasteiger partial charge in [0.2, 0.25) is 10.0 Å². The zero-order valence-electron chi connectivity index (χ0n) is 18.9. The van der Waals surface area contributed by atoms with Crippen LogP contribution in [0.25, 0.3) is 16.5 Å². The van der Waals surface area contributed by atoms with Gasteiger partial charge in [-0.15, -0.1) is 0 Å². The molecule has 3 heterocycles. The van der Waals surface area contributed by atoms with Crippen LogP contribution in [0.5, 0.6) is 0 Å². The second-order valence-electron chi connectivity index (χ2n) is 9.01. The average molecular weight is 499 g/mol. The van der Waals surface area contributed by atoms with Crippen molar-refractivity contribution in [3.8, 4) is 0 Å². The average Bonchev–Trinajstić information content (AvgIpc) is 3.38. The number of amides is 2. The lowest BCUT2D eigenvalue weighted by molar-refractivity contribution is 0.250. The maximum absolute atomic E-state index is 12.5. The van der Waals surface area contributed by atoms with Gasteiger partial charge in [0.05, 0.1) is 6.26 Å². The van der Waals surface area contributed by atoms with Crippen LogP contribution in [0, 0.1) is 0 Å². The summed E-state index contributed by atoms with van der Waals surface area (Å²) in [4.78, 5) is 19.8. The van der Waals surface area contributed by atoms with Gasteiger partial charge in [-0.2, -0.15) is 0 Å². The van der Waals surface area contributed by atoms with Crippen LogP contribution in [-0.2, 0) is 10.0 Å². The molecule has 0 saturated heterocycles. The smallest absolute Gasteiger partial charge is 0.335 e. The molecule has 0 spiro atoms. The zero-order chi connectivity index (χ0) is 23.9. The van der Waals surface area contributed by atoms with Crippen LogP contribution in [0.4, 0.5) is 10.5 Å². The summed E-state index contributed by atoms with van der Waals surface area (Å²) >= 11 is 6.11. The van der Waals surface area contributed by atoms with Crippen molar-refractivity contribution >= 4 is 49.8 Å². The Balaban J connectivity index is 1.24. The second kappa shape index (κ2) is 9.09. The minimum atomic E-state index is -3.61. The lowest BCUT2D eigenvalue weighted by Crippen LogP contribution is -2.42. The number of carbonyl (C=O) groups is 1. The van der Waals surface area contributed by atoms with Crippen molar-refractivity contribution in [2.75, 3.05) is 37.3 Å². The van der Waals surface area contributed by atoms with Gasteiger partial charge < -0.3 is 4.98 Å². The highest BCUT2D eigenvalue weighted by Gasteiger charge is 2.33. The molecule has 1 atom stereocenters. The minimum absolute atomic E-state index is 0.172. The highest BCUT2D eigenvalue weighted by atomic mass is 35.5. The Kier molecular flexibility index (Phi) is 6.14. The first-order chi connectivity index (χ1) is 16.3. The lowest BCUT2D eigenvalue weighted by atomic mass is 9.96. The molecule has 34 heavy (non-hydrogen) atoms. The predicted octanol–water partition coefficient (Wildman–Crippen LogP) is 4.57. The number of hydrogen-bond donors (Lipinski definition) is 2. The Morgan fingerprint density at radius 2 is 2.06 bits per heavy atom. The maximum Gasteiger partial charge on any atom is 0.335 e. The van der Waals surface area contributed by atoms with Crippen LogP contribution in [0.3, 0.4) is 0 Å². The molecule has 2 N–H and O–H groups in total. The number of H-pyrrole nitrogens is 1. The van der Waals surface area contributed by atoms with E-state index in [-0.39, 0.29) is 5.92 Å². The molecule has 1 aromatic heterocycles. The van der Waals surface area contributed by atoms with Crippen LogP contribution in [0.2, 0.25) is 5.02 Å². The number of carbonyl (C=O) groups excluding carboxylic acids is 1. The van der Waals surface area contributed by atoms with E-state index < -0.39 is 16.1 Å². The van der Waals surface area contributed by atoms with Gasteiger partial charge in [0.1, 0.15) is 0 Å². The van der Waals surface area contributed by atoms with Crippen LogP contribution < -0.4 is 9.62 Å². The molecule has 0 fully saturated rings. The molecule has 0 aliphatic carbocycles. The molecule has 2 aliphatic rings. The number of aromatic nitrogens is 1. The zero-order valence-corrected chi connectivity index (χ0v) is 20.5. The summed E-state index contributed by atoms with van der Waals surface area (Å²) in [5, 5.41) is 1.92. The highest BCUT2D eigenvalue weighted by molar-refractivity contribution is 7.89. The predicted molar refractivity (Wildman–Crippen MR) is 137 cm³/mol. The van der Waals surface area contributed by atoms with Crippen molar-refractivity contribution in [3.63, 3.8) is 0 Å². The van der Waals surface area contributed by atoms with E-state index >= 15 is 0 Å². The van der Waals surface area contributed by atoms with Gasteiger partial charge in [0.15, 0.2) is 0 Å². The number of rotatable bonds is 5. The number of nitrogens with zero attached hydrogens (tertiary/aromatic N) is 2. The van der Waals surface area contributed by atoms with E-state index in [1.807, 2.05) is 36.4 Å². The molecular weight excluding hydrogens is 472 g/mol. The number of para-hydroxylation sites is 1. The van der Waals surface area contributed by atoms with E-state index in [0.29, 0.717) is 6.54 Å². The monoisotopic (exact) mass is 498 g/mol. The van der Waals surface area contributed by atoms with Crippen LogP contribution in [0.1, 0.15) is 29.9 Å². The Bertz CT molecular complexity index is 1380. The first-order valence-corrected chi connectivity index (χ1v) is 13.6. The molecule has 7 nitrogen and oxygen atoms in total. The molecular formula is C25H27ClN4O3S. The van der Waals surface area contributed by atoms with Gasteiger partial charge in [0.25, 0.3) is 0 Å². The standard InChI is InChI=1S/C25H27ClN4O3S/c1-34(32,33)28-25(31)30-16-18(20-4-2-3-5-24(20)30)10-13-29-11-8-17(9-12-29)22-15-27-23-14-19(26)6-7-21(22)23/h2-8,14-15,18,27H,9-13,16H2,1H3,(H,28,31). The highest BCUT2D eigenvalue weighted by Crippen LogP contribution is 2.38. The van der Waals surface area contributed by atoms with Crippen molar-refractivity contribution in [1.29, 1.82) is 0 Å². The molecule has 0 bridgehead atoms. The van der Waals surface area contributed by atoms with Gasteiger partial charge in [-0.25, -0.2) is 17.9 Å².